The van der Waals surface area contributed by atoms with Crippen molar-refractivity contribution >= 4 is 11.6 Å². The van der Waals surface area contributed by atoms with Gasteiger partial charge in [-0.25, -0.2) is 14.3 Å². The molecule has 0 bridgehead atoms. The van der Waals surface area contributed by atoms with Crippen LogP contribution in [0.15, 0.2) is 18.2 Å². The third kappa shape index (κ3) is 1.14. The predicted octanol–water partition coefficient (Wildman–Crippen LogP) is 0.736. The second-order valence-electron chi connectivity index (χ2n) is 2.68. The molecular weight excluding hydrogens is 170 g/mol. The van der Waals surface area contributed by atoms with Gasteiger partial charge in [0.2, 0.25) is 0 Å². The second-order valence-corrected chi connectivity index (χ2v) is 2.68. The van der Waals surface area contributed by atoms with Crippen LogP contribution in [-0.4, -0.2) is 25.7 Å². The van der Waals surface area contributed by atoms with Crippen LogP contribution in [0.5, 0.6) is 0 Å². The third-order valence-corrected chi connectivity index (χ3v) is 1.74. The van der Waals surface area contributed by atoms with E-state index < -0.39 is 5.97 Å². The number of hydrogen-bond donors (Lipinski definition) is 1. The molecule has 0 radical (unpaired) electrons. The monoisotopic (exact) mass is 177 g/mol. The number of fused-ring (bicyclic) bond motifs is 1. The fourth-order valence-electron chi connectivity index (χ4n) is 1.13. The first-order chi connectivity index (χ1) is 6.18. The molecule has 0 unspecified atom stereocenters. The minimum atomic E-state index is -1.11. The van der Waals surface area contributed by atoms with E-state index in [4.69, 9.17) is 5.11 Å². The molecule has 5 heteroatoms. The molecule has 0 fully saturated rings. The molecule has 0 spiro atoms. The summed E-state index contributed by atoms with van der Waals surface area (Å²) in [6, 6.07) is 5.37. The molecule has 0 amide bonds. The quantitative estimate of drug-likeness (QED) is 0.697. The van der Waals surface area contributed by atoms with Gasteiger partial charge in [0.1, 0.15) is 0 Å². The van der Waals surface area contributed by atoms with E-state index in [-0.39, 0.29) is 5.82 Å². The minimum absolute atomic E-state index is 0.172. The topological polar surface area (TPSA) is 67.5 Å². The summed E-state index contributed by atoms with van der Waals surface area (Å²) in [5.74, 6) is -1.28. The van der Waals surface area contributed by atoms with Crippen LogP contribution in [0.2, 0.25) is 0 Å². The summed E-state index contributed by atoms with van der Waals surface area (Å²) in [5.41, 5.74) is 1.41. The Balaban J connectivity index is 2.75. The third-order valence-electron chi connectivity index (χ3n) is 1.74. The van der Waals surface area contributed by atoms with E-state index in [2.05, 4.69) is 10.1 Å². The average molecular weight is 177 g/mol. The zero-order chi connectivity index (χ0) is 9.42. The van der Waals surface area contributed by atoms with Crippen molar-refractivity contribution in [3.05, 3.63) is 29.7 Å². The van der Waals surface area contributed by atoms with Gasteiger partial charge in [-0.15, -0.1) is 5.10 Å². The number of hydrogen-bond acceptors (Lipinski definition) is 3. The first kappa shape index (κ1) is 7.72. The lowest BCUT2D eigenvalue weighted by Gasteiger charge is -1.93. The molecule has 1 N–H and O–H groups in total. The Hall–Kier alpha value is -1.91. The summed E-state index contributed by atoms with van der Waals surface area (Å²) in [6.45, 7) is 1.84. The van der Waals surface area contributed by atoms with E-state index in [9.17, 15) is 4.79 Å². The smallest absolute Gasteiger partial charge is 0.375 e. The van der Waals surface area contributed by atoms with Crippen LogP contribution >= 0.6 is 0 Å². The average Bonchev–Trinajstić information content (AvgIpc) is 2.49. The Morgan fingerprint density at radius 1 is 1.54 bits per heavy atom. The molecule has 2 aromatic rings. The number of aryl methyl sites for hydroxylation is 1. The molecule has 0 atom stereocenters. The van der Waals surface area contributed by atoms with Crippen LogP contribution < -0.4 is 0 Å². The molecular formula is C8H7N3O2. The minimum Gasteiger partial charge on any atom is -0.475 e. The number of carbonyl (C=O) groups is 1. The summed E-state index contributed by atoms with van der Waals surface area (Å²) < 4.78 is 1.50. The van der Waals surface area contributed by atoms with E-state index in [0.717, 1.165) is 5.69 Å². The molecule has 66 valence electrons. The maximum absolute atomic E-state index is 10.5. The van der Waals surface area contributed by atoms with Crippen molar-refractivity contribution < 1.29 is 9.90 Å². The lowest BCUT2D eigenvalue weighted by Crippen LogP contribution is -1.99. The second kappa shape index (κ2) is 2.55. The van der Waals surface area contributed by atoms with Gasteiger partial charge in [-0.05, 0) is 19.1 Å². The van der Waals surface area contributed by atoms with Gasteiger partial charge in [0.25, 0.3) is 5.82 Å². The number of rotatable bonds is 1. The largest absolute Gasteiger partial charge is 0.475 e. The van der Waals surface area contributed by atoms with Gasteiger partial charge >= 0.3 is 5.97 Å². The summed E-state index contributed by atoms with van der Waals surface area (Å²) in [7, 11) is 0. The number of aromatic carboxylic acids is 1. The molecule has 2 rings (SSSR count). The van der Waals surface area contributed by atoms with Crippen molar-refractivity contribution in [3.63, 3.8) is 0 Å². The van der Waals surface area contributed by atoms with E-state index in [1.165, 1.54) is 4.52 Å². The van der Waals surface area contributed by atoms with Crippen molar-refractivity contribution in [1.29, 1.82) is 0 Å². The van der Waals surface area contributed by atoms with Crippen molar-refractivity contribution in [2.24, 2.45) is 0 Å². The zero-order valence-electron chi connectivity index (χ0n) is 6.93. The number of aromatic nitrogens is 3. The number of pyridine rings is 1. The highest BCUT2D eigenvalue weighted by molar-refractivity contribution is 5.83. The Morgan fingerprint density at radius 2 is 2.31 bits per heavy atom. The van der Waals surface area contributed by atoms with Crippen LogP contribution in [0, 0.1) is 6.92 Å². The maximum atomic E-state index is 10.5. The van der Waals surface area contributed by atoms with E-state index in [1.807, 2.05) is 19.1 Å². The van der Waals surface area contributed by atoms with Crippen LogP contribution in [-0.2, 0) is 0 Å². The molecule has 0 saturated heterocycles. The van der Waals surface area contributed by atoms with Gasteiger partial charge < -0.3 is 5.11 Å². The molecule has 0 aliphatic heterocycles. The molecule has 0 aliphatic rings. The highest BCUT2D eigenvalue weighted by Gasteiger charge is 2.10. The number of nitrogens with zero attached hydrogens (tertiary/aromatic N) is 3. The van der Waals surface area contributed by atoms with Gasteiger partial charge in [-0.2, -0.15) is 0 Å². The zero-order valence-corrected chi connectivity index (χ0v) is 6.93. The SMILES string of the molecule is Cc1cccc2nc(C(=O)O)nn12. The number of carboxylic acid groups (broad SMARTS) is 1. The first-order valence-electron chi connectivity index (χ1n) is 3.74. The molecule has 13 heavy (non-hydrogen) atoms. The molecule has 0 aromatic carbocycles. The summed E-state index contributed by atoms with van der Waals surface area (Å²) in [6.07, 6.45) is 0. The van der Waals surface area contributed by atoms with Gasteiger partial charge in [0.05, 0.1) is 0 Å². The van der Waals surface area contributed by atoms with Gasteiger partial charge in [-0.3, -0.25) is 0 Å². The fourth-order valence-corrected chi connectivity index (χ4v) is 1.13. The molecule has 0 aliphatic carbocycles. The van der Waals surface area contributed by atoms with Crippen LogP contribution in [0.3, 0.4) is 0 Å². The summed E-state index contributed by atoms with van der Waals surface area (Å²) in [5, 5.41) is 12.5. The Kier molecular flexibility index (Phi) is 1.51. The summed E-state index contributed by atoms with van der Waals surface area (Å²) in [4.78, 5) is 14.4. The van der Waals surface area contributed by atoms with Gasteiger partial charge in [0, 0.05) is 5.69 Å². The maximum Gasteiger partial charge on any atom is 0.375 e. The Bertz CT molecular complexity index is 475. The van der Waals surface area contributed by atoms with Gasteiger partial charge in [0.15, 0.2) is 5.65 Å². The van der Waals surface area contributed by atoms with E-state index >= 15 is 0 Å². The fraction of sp³-hybridized carbons (Fsp3) is 0.125. The highest BCUT2D eigenvalue weighted by atomic mass is 16.4. The molecule has 2 aromatic heterocycles. The van der Waals surface area contributed by atoms with Crippen molar-refractivity contribution in [2.45, 2.75) is 6.92 Å². The normalized spacial score (nSPS) is 10.5. The highest BCUT2D eigenvalue weighted by Crippen LogP contribution is 2.04. The molecule has 5 nitrogen and oxygen atoms in total. The molecule has 2 heterocycles. The van der Waals surface area contributed by atoms with Crippen molar-refractivity contribution in [1.82, 2.24) is 14.6 Å². The van der Waals surface area contributed by atoms with Crippen molar-refractivity contribution in [3.8, 4) is 0 Å². The van der Waals surface area contributed by atoms with Crippen molar-refractivity contribution in [2.75, 3.05) is 0 Å². The number of carboxylic acids is 1. The molecule has 0 saturated carbocycles. The summed E-state index contributed by atoms with van der Waals surface area (Å²) >= 11 is 0. The Labute approximate surface area is 73.6 Å². The van der Waals surface area contributed by atoms with E-state index in [1.54, 1.807) is 6.07 Å². The van der Waals surface area contributed by atoms with Crippen LogP contribution in [0.25, 0.3) is 5.65 Å². The predicted molar refractivity (Wildman–Crippen MR) is 44.7 cm³/mol. The van der Waals surface area contributed by atoms with E-state index in [0.29, 0.717) is 5.65 Å². The lowest BCUT2D eigenvalue weighted by atomic mass is 10.4. The van der Waals surface area contributed by atoms with Crippen LogP contribution in [0.1, 0.15) is 16.3 Å². The van der Waals surface area contributed by atoms with Crippen LogP contribution in [0.4, 0.5) is 0 Å². The Morgan fingerprint density at radius 3 is 2.92 bits per heavy atom. The standard InChI is InChI=1S/C8H7N3O2/c1-5-3-2-4-6-9-7(8(12)13)10-11(5)6/h2-4H,1H3,(H,12,13). The first-order valence-corrected chi connectivity index (χ1v) is 3.74. The van der Waals surface area contributed by atoms with Gasteiger partial charge in [-0.1, -0.05) is 6.07 Å². The lowest BCUT2D eigenvalue weighted by molar-refractivity contribution is 0.0684.